The smallest absolute Gasteiger partial charge is 0.335 e. The molecular weight excluding hydrogens is 312 g/mol. The van der Waals surface area contributed by atoms with E-state index in [1.54, 1.807) is 12.1 Å². The van der Waals surface area contributed by atoms with Gasteiger partial charge in [0.15, 0.2) is 0 Å². The van der Waals surface area contributed by atoms with Crippen LogP contribution in [0, 0.1) is 0 Å². The average molecular weight is 340 g/mol. The Labute approximate surface area is 150 Å². The maximum absolute atomic E-state index is 11.4. The number of para-hydroxylation sites is 1. The molecule has 25 heavy (non-hydrogen) atoms. The van der Waals surface area contributed by atoms with Crippen LogP contribution in [0.3, 0.4) is 0 Å². The van der Waals surface area contributed by atoms with Crippen molar-refractivity contribution in [3.05, 3.63) is 64.7 Å². The van der Waals surface area contributed by atoms with Gasteiger partial charge < -0.3 is 9.84 Å². The van der Waals surface area contributed by atoms with Crippen LogP contribution in [0.25, 0.3) is 0 Å². The van der Waals surface area contributed by atoms with Crippen molar-refractivity contribution in [3.8, 4) is 5.75 Å². The van der Waals surface area contributed by atoms with Crippen LogP contribution in [-0.4, -0.2) is 17.2 Å². The van der Waals surface area contributed by atoms with E-state index >= 15 is 0 Å². The van der Waals surface area contributed by atoms with Crippen LogP contribution in [0.15, 0.2) is 42.5 Å². The van der Waals surface area contributed by atoms with Crippen molar-refractivity contribution in [2.45, 2.75) is 59.0 Å². The lowest BCUT2D eigenvalue weighted by Crippen LogP contribution is -2.10. The fourth-order valence-corrected chi connectivity index (χ4v) is 3.01. The van der Waals surface area contributed by atoms with Gasteiger partial charge in [0, 0.05) is 0 Å². The Hall–Kier alpha value is -2.29. The highest BCUT2D eigenvalue weighted by molar-refractivity contribution is 5.88. The molecule has 0 heterocycles. The SMILES string of the molecule is CC(C)Oc1ccccc1C(C)Cc1cc(C(=O)O)cc(C(C)C)c1. The predicted molar refractivity (Wildman–Crippen MR) is 102 cm³/mol. The maximum atomic E-state index is 11.4. The van der Waals surface area contributed by atoms with Crippen LogP contribution in [0.1, 0.15) is 73.5 Å². The Morgan fingerprint density at radius 2 is 1.72 bits per heavy atom. The molecule has 0 aliphatic heterocycles. The fourth-order valence-electron chi connectivity index (χ4n) is 3.01. The number of rotatable bonds is 7. The fraction of sp³-hybridized carbons (Fsp3) is 0.409. The van der Waals surface area contributed by atoms with E-state index in [1.807, 2.05) is 32.0 Å². The van der Waals surface area contributed by atoms with E-state index < -0.39 is 5.97 Å². The van der Waals surface area contributed by atoms with E-state index in [2.05, 4.69) is 32.9 Å². The summed E-state index contributed by atoms with van der Waals surface area (Å²) in [6.45, 7) is 10.4. The number of aromatic carboxylic acids is 1. The largest absolute Gasteiger partial charge is 0.491 e. The van der Waals surface area contributed by atoms with Crippen molar-refractivity contribution >= 4 is 5.97 Å². The first kappa shape index (κ1) is 19.0. The van der Waals surface area contributed by atoms with Gasteiger partial charge in [-0.15, -0.1) is 0 Å². The monoisotopic (exact) mass is 340 g/mol. The van der Waals surface area contributed by atoms with Gasteiger partial charge in [-0.3, -0.25) is 0 Å². The summed E-state index contributed by atoms with van der Waals surface area (Å²) in [5.74, 6) is 0.562. The highest BCUT2D eigenvalue weighted by atomic mass is 16.5. The van der Waals surface area contributed by atoms with E-state index in [-0.39, 0.29) is 12.0 Å². The van der Waals surface area contributed by atoms with E-state index in [4.69, 9.17) is 4.74 Å². The topological polar surface area (TPSA) is 46.5 Å². The zero-order valence-electron chi connectivity index (χ0n) is 15.7. The number of carbonyl (C=O) groups is 1. The minimum Gasteiger partial charge on any atom is -0.491 e. The van der Waals surface area contributed by atoms with Crippen molar-refractivity contribution in [1.29, 1.82) is 0 Å². The van der Waals surface area contributed by atoms with Crippen LogP contribution in [0.4, 0.5) is 0 Å². The molecule has 1 atom stereocenters. The van der Waals surface area contributed by atoms with E-state index in [0.717, 1.165) is 28.9 Å². The maximum Gasteiger partial charge on any atom is 0.335 e. The number of hydrogen-bond acceptors (Lipinski definition) is 2. The molecule has 2 aromatic carbocycles. The highest BCUT2D eigenvalue weighted by Gasteiger charge is 2.15. The van der Waals surface area contributed by atoms with Crippen molar-refractivity contribution in [2.24, 2.45) is 0 Å². The minimum absolute atomic E-state index is 0.122. The van der Waals surface area contributed by atoms with Crippen molar-refractivity contribution in [3.63, 3.8) is 0 Å². The highest BCUT2D eigenvalue weighted by Crippen LogP contribution is 2.31. The molecule has 0 aliphatic carbocycles. The quantitative estimate of drug-likeness (QED) is 0.709. The summed E-state index contributed by atoms with van der Waals surface area (Å²) in [5, 5.41) is 9.39. The van der Waals surface area contributed by atoms with Gasteiger partial charge in [0.2, 0.25) is 0 Å². The second-order valence-corrected chi connectivity index (χ2v) is 7.23. The van der Waals surface area contributed by atoms with Gasteiger partial charge in [-0.25, -0.2) is 4.79 Å². The molecule has 1 N–H and O–H groups in total. The molecule has 2 aromatic rings. The van der Waals surface area contributed by atoms with Crippen LogP contribution in [-0.2, 0) is 6.42 Å². The van der Waals surface area contributed by atoms with Gasteiger partial charge in [-0.05, 0) is 67.0 Å². The van der Waals surface area contributed by atoms with Gasteiger partial charge in [0.05, 0.1) is 11.7 Å². The molecule has 2 rings (SSSR count). The molecule has 134 valence electrons. The molecule has 0 aromatic heterocycles. The standard InChI is InChI=1S/C22H28O3/c1-14(2)18-11-17(12-19(13-18)22(23)24)10-16(5)20-8-6-7-9-21(20)25-15(3)4/h6-9,11-16H,10H2,1-5H3,(H,23,24). The molecule has 0 saturated heterocycles. The zero-order chi connectivity index (χ0) is 18.6. The van der Waals surface area contributed by atoms with Crippen molar-refractivity contribution < 1.29 is 14.6 Å². The molecule has 0 radical (unpaired) electrons. The number of hydrogen-bond donors (Lipinski definition) is 1. The number of carboxylic acids is 1. The summed E-state index contributed by atoms with van der Waals surface area (Å²) in [5.41, 5.74) is 3.63. The molecule has 0 saturated carbocycles. The third kappa shape index (κ3) is 5.09. The van der Waals surface area contributed by atoms with Crippen LogP contribution in [0.5, 0.6) is 5.75 Å². The molecule has 1 unspecified atom stereocenters. The third-order valence-electron chi connectivity index (χ3n) is 4.28. The summed E-state index contributed by atoms with van der Waals surface area (Å²) in [6.07, 6.45) is 0.899. The van der Waals surface area contributed by atoms with Gasteiger partial charge in [0.25, 0.3) is 0 Å². The summed E-state index contributed by atoms with van der Waals surface area (Å²) in [4.78, 5) is 11.4. The van der Waals surface area contributed by atoms with Crippen LogP contribution >= 0.6 is 0 Å². The lowest BCUT2D eigenvalue weighted by Gasteiger charge is -2.19. The average Bonchev–Trinajstić information content (AvgIpc) is 2.54. The molecule has 0 spiro atoms. The molecule has 0 fully saturated rings. The van der Waals surface area contributed by atoms with Gasteiger partial charge in [-0.1, -0.05) is 45.0 Å². The van der Waals surface area contributed by atoms with Crippen LogP contribution < -0.4 is 4.74 Å². The van der Waals surface area contributed by atoms with Crippen molar-refractivity contribution in [2.75, 3.05) is 0 Å². The first-order valence-electron chi connectivity index (χ1n) is 8.90. The minimum atomic E-state index is -0.875. The predicted octanol–water partition coefficient (Wildman–Crippen LogP) is 5.64. The van der Waals surface area contributed by atoms with Gasteiger partial charge >= 0.3 is 5.97 Å². The Balaban J connectivity index is 2.32. The van der Waals surface area contributed by atoms with E-state index in [1.165, 1.54) is 0 Å². The second-order valence-electron chi connectivity index (χ2n) is 7.23. The third-order valence-corrected chi connectivity index (χ3v) is 4.28. The summed E-state index contributed by atoms with van der Waals surface area (Å²) >= 11 is 0. The van der Waals surface area contributed by atoms with E-state index in [9.17, 15) is 9.90 Å². The first-order chi connectivity index (χ1) is 11.8. The summed E-state index contributed by atoms with van der Waals surface area (Å²) < 4.78 is 5.93. The van der Waals surface area contributed by atoms with E-state index in [0.29, 0.717) is 11.5 Å². The Morgan fingerprint density at radius 3 is 2.32 bits per heavy atom. The Morgan fingerprint density at radius 1 is 1.04 bits per heavy atom. The zero-order valence-corrected chi connectivity index (χ0v) is 15.7. The molecule has 0 aliphatic rings. The lowest BCUT2D eigenvalue weighted by atomic mass is 9.89. The first-order valence-corrected chi connectivity index (χ1v) is 8.90. The summed E-state index contributed by atoms with van der Waals surface area (Å²) in [7, 11) is 0. The molecule has 0 amide bonds. The number of carboxylic acid groups (broad SMARTS) is 1. The Kier molecular flexibility index (Phi) is 6.24. The Bertz CT molecular complexity index is 732. The normalized spacial score (nSPS) is 12.4. The summed E-state index contributed by atoms with van der Waals surface area (Å²) in [6, 6.07) is 13.8. The molecular formula is C22H28O3. The second kappa shape index (κ2) is 8.19. The van der Waals surface area contributed by atoms with Crippen LogP contribution in [0.2, 0.25) is 0 Å². The molecule has 0 bridgehead atoms. The lowest BCUT2D eigenvalue weighted by molar-refractivity contribution is 0.0696. The van der Waals surface area contributed by atoms with Gasteiger partial charge in [0.1, 0.15) is 5.75 Å². The molecule has 3 nitrogen and oxygen atoms in total. The number of benzene rings is 2. The van der Waals surface area contributed by atoms with Crippen molar-refractivity contribution in [1.82, 2.24) is 0 Å². The number of ether oxygens (including phenoxy) is 1. The molecule has 3 heteroatoms. The van der Waals surface area contributed by atoms with Gasteiger partial charge in [-0.2, -0.15) is 0 Å².